The summed E-state index contributed by atoms with van der Waals surface area (Å²) in [6.07, 6.45) is 0. The molecule has 2 radical (unpaired) electrons. The first kappa shape index (κ1) is 33.3. The first-order valence-electron chi connectivity index (χ1n) is 0. The monoisotopic (exact) mass is 346 g/mol. The second kappa shape index (κ2) is 18.5. The van der Waals surface area contributed by atoms with Gasteiger partial charge in [-0.1, -0.05) is 0 Å². The fourth-order valence-corrected chi connectivity index (χ4v) is 0. The van der Waals surface area contributed by atoms with E-state index in [1.165, 1.54) is 0 Å². The van der Waals surface area contributed by atoms with E-state index in [1.807, 2.05) is 0 Å². The van der Waals surface area contributed by atoms with Crippen molar-refractivity contribution >= 4 is 0 Å². The first-order valence-corrected chi connectivity index (χ1v) is 0. The summed E-state index contributed by atoms with van der Waals surface area (Å²) >= 11 is 0. The third kappa shape index (κ3) is 8.85. The van der Waals surface area contributed by atoms with E-state index in [-0.39, 0.29) is 73.8 Å². The van der Waals surface area contributed by atoms with Crippen LogP contribution in [0, 0.1) is 0 Å². The maximum Gasteiger partial charge on any atom is 0 e. The molecular weight excluding hydrogens is 346 g/mol. The molecule has 0 spiro atoms. The van der Waals surface area contributed by atoms with E-state index in [0.29, 0.717) is 0 Å². The predicted molar refractivity (Wildman–Crippen MR) is 0 cm³/mol. The molecule has 0 nitrogen and oxygen atoms in total. The molecule has 0 aliphatic heterocycles. The Morgan fingerprint density at radius 3 is 1.00 bits per heavy atom. The van der Waals surface area contributed by atoms with Crippen LogP contribution in [0.15, 0.2) is 0 Å². The molecule has 0 rings (SSSR count). The van der Waals surface area contributed by atoms with Gasteiger partial charge in [0.25, 0.3) is 0 Å². The topological polar surface area (TPSA) is 0 Å². The standard InChI is InChI=1S/Co.Cr.V.W. The van der Waals surface area contributed by atoms with E-state index >= 15 is 0 Å². The summed E-state index contributed by atoms with van der Waals surface area (Å²) in [5.74, 6) is 0. The zero-order chi connectivity index (χ0) is 0. The van der Waals surface area contributed by atoms with Gasteiger partial charge in [0.05, 0.1) is 0 Å². The van der Waals surface area contributed by atoms with Crippen LogP contribution in [0.4, 0.5) is 0 Å². The molecule has 4 heavy (non-hydrogen) atoms. The van der Waals surface area contributed by atoms with Crippen molar-refractivity contribution in [3.05, 3.63) is 0 Å². The summed E-state index contributed by atoms with van der Waals surface area (Å²) in [5, 5.41) is 0. The molecule has 4 heteroatoms. The fourth-order valence-electron chi connectivity index (χ4n) is 0. The minimum absolute atomic E-state index is 0. The van der Waals surface area contributed by atoms with Crippen molar-refractivity contribution in [2.24, 2.45) is 0 Å². The van der Waals surface area contributed by atoms with Crippen molar-refractivity contribution in [1.82, 2.24) is 0 Å². The summed E-state index contributed by atoms with van der Waals surface area (Å²) in [6, 6.07) is 0. The second-order valence-electron chi connectivity index (χ2n) is 0. The molecule has 0 fully saturated rings. The quantitative estimate of drug-likeness (QED) is 0.579. The Bertz CT molecular complexity index is 8.00. The third-order valence-electron chi connectivity index (χ3n) is 0. The molecule has 0 N–H and O–H groups in total. The van der Waals surface area contributed by atoms with Crippen LogP contribution in [0.1, 0.15) is 0 Å². The van der Waals surface area contributed by atoms with Gasteiger partial charge < -0.3 is 0 Å². The van der Waals surface area contributed by atoms with Crippen LogP contribution in [0.5, 0.6) is 0 Å². The normalized spacial score (nSPS) is 0. The van der Waals surface area contributed by atoms with Crippen molar-refractivity contribution in [3.63, 3.8) is 0 Å². The number of hydrogen-bond acceptors (Lipinski definition) is 0. The molecule has 0 atom stereocenters. The van der Waals surface area contributed by atoms with Crippen molar-refractivity contribution in [2.45, 2.75) is 0 Å². The molecule has 0 aromatic rings. The van der Waals surface area contributed by atoms with Crippen LogP contribution in [-0.4, -0.2) is 0 Å². The molecule has 0 unspecified atom stereocenters. The average molecular weight is 346 g/mol. The van der Waals surface area contributed by atoms with Gasteiger partial charge in [-0.15, -0.1) is 0 Å². The van der Waals surface area contributed by atoms with Gasteiger partial charge in [-0.05, 0) is 0 Å². The molecule has 0 aromatic heterocycles. The second-order valence-corrected chi connectivity index (χ2v) is 0. The van der Waals surface area contributed by atoms with Crippen LogP contribution in [0.3, 0.4) is 0 Å². The molecule has 0 aliphatic carbocycles. The van der Waals surface area contributed by atoms with E-state index in [4.69, 9.17) is 0 Å². The Balaban J connectivity index is 0. The Labute approximate surface area is 73.0 Å². The fraction of sp³-hybridized carbons (Fsp3) is 0. The zero-order valence-corrected chi connectivity index (χ0v) is 8.24. The van der Waals surface area contributed by atoms with E-state index in [1.54, 1.807) is 0 Å². The SMILES string of the molecule is [Co].[Cr].[V].[W]. The average Bonchev–Trinajstić information content (AvgIpc) is 0. The Morgan fingerprint density at radius 2 is 1.00 bits per heavy atom. The van der Waals surface area contributed by atoms with E-state index in [0.717, 1.165) is 0 Å². The summed E-state index contributed by atoms with van der Waals surface area (Å²) in [5.41, 5.74) is 0. The molecule has 0 aromatic carbocycles. The van der Waals surface area contributed by atoms with E-state index in [2.05, 4.69) is 0 Å². The van der Waals surface area contributed by atoms with Crippen molar-refractivity contribution in [3.8, 4) is 0 Å². The summed E-state index contributed by atoms with van der Waals surface area (Å²) < 4.78 is 0. The molecule has 0 heterocycles. The first-order chi connectivity index (χ1) is 0. The third-order valence-corrected chi connectivity index (χ3v) is 0. The summed E-state index contributed by atoms with van der Waals surface area (Å²) in [4.78, 5) is 0. The van der Waals surface area contributed by atoms with E-state index < -0.39 is 0 Å². The van der Waals surface area contributed by atoms with Gasteiger partial charge in [0.2, 0.25) is 0 Å². The molecule has 0 aliphatic rings. The van der Waals surface area contributed by atoms with Crippen LogP contribution in [0.25, 0.3) is 0 Å². The van der Waals surface area contributed by atoms with Gasteiger partial charge in [-0.3, -0.25) is 0 Å². The smallest absolute Gasteiger partial charge is 0 e. The van der Waals surface area contributed by atoms with Crippen LogP contribution < -0.4 is 0 Å². The van der Waals surface area contributed by atoms with Gasteiger partial charge in [-0.25, -0.2) is 0 Å². The van der Waals surface area contributed by atoms with E-state index in [9.17, 15) is 0 Å². The summed E-state index contributed by atoms with van der Waals surface area (Å²) in [7, 11) is 0. The molecule has 0 saturated carbocycles. The number of rotatable bonds is 0. The van der Waals surface area contributed by atoms with Gasteiger partial charge in [0.15, 0.2) is 0 Å². The molecule has 0 bridgehead atoms. The molecule has 0 amide bonds. The van der Waals surface area contributed by atoms with Gasteiger partial charge >= 0.3 is 0 Å². The van der Waals surface area contributed by atoms with Gasteiger partial charge in [0, 0.05) is 73.8 Å². The van der Waals surface area contributed by atoms with Crippen LogP contribution in [-0.2, 0) is 73.8 Å². The maximum absolute atomic E-state index is 0. The van der Waals surface area contributed by atoms with Crippen molar-refractivity contribution in [1.29, 1.82) is 0 Å². The van der Waals surface area contributed by atoms with Gasteiger partial charge in [0.1, 0.15) is 0 Å². The zero-order valence-electron chi connectivity index (χ0n) is 1.60. The van der Waals surface area contributed by atoms with Crippen molar-refractivity contribution in [2.75, 3.05) is 0 Å². The van der Waals surface area contributed by atoms with Crippen LogP contribution in [0.2, 0.25) is 0 Å². The van der Waals surface area contributed by atoms with Crippen molar-refractivity contribution < 1.29 is 73.8 Å². The van der Waals surface area contributed by atoms with Gasteiger partial charge in [-0.2, -0.15) is 0 Å². The maximum atomic E-state index is 0. The summed E-state index contributed by atoms with van der Waals surface area (Å²) in [6.45, 7) is 0. The minimum Gasteiger partial charge on any atom is 0 e. The molecule has 0 saturated heterocycles. The predicted octanol–water partition coefficient (Wildman–Crippen LogP) is -0.0100. The number of hydrogen-bond donors (Lipinski definition) is 0. The molecule has 26 valence electrons. The largest absolute Gasteiger partial charge is 0 e. The Kier molecular flexibility index (Phi) is 154. The minimum atomic E-state index is 0. The Morgan fingerprint density at radius 1 is 1.00 bits per heavy atom. The molecular formula is CoCrVW. The Hall–Kier alpha value is 2.31. The van der Waals surface area contributed by atoms with Crippen LogP contribution >= 0.6 is 0 Å².